The van der Waals surface area contributed by atoms with Crippen molar-refractivity contribution in [3.8, 4) is 6.07 Å². The molecule has 3 N–H and O–H groups in total. The maximum Gasteiger partial charge on any atom is 0.274 e. The summed E-state index contributed by atoms with van der Waals surface area (Å²) in [4.78, 5) is 44.5. The molecule has 1 aliphatic carbocycles. The molecule has 16 heteroatoms. The molecule has 9 rings (SSSR count). The Bertz CT molecular complexity index is 2520. The van der Waals surface area contributed by atoms with E-state index in [0.29, 0.717) is 52.8 Å². The maximum absolute atomic E-state index is 15.3. The van der Waals surface area contributed by atoms with E-state index in [1.807, 2.05) is 27.9 Å². The van der Waals surface area contributed by atoms with Gasteiger partial charge in [-0.1, -0.05) is 0 Å². The largest absolute Gasteiger partial charge is 0.386 e. The number of carbonyl (C=O) groups excluding carboxylic acids is 3. The first-order valence-corrected chi connectivity index (χ1v) is 20.8. The van der Waals surface area contributed by atoms with Crippen LogP contribution in [0.3, 0.4) is 0 Å². The van der Waals surface area contributed by atoms with Gasteiger partial charge in [0.05, 0.1) is 40.4 Å². The Kier molecular flexibility index (Phi) is 10.4. The normalized spacial score (nSPS) is 23.3. The molecule has 3 amide bonds. The fourth-order valence-corrected chi connectivity index (χ4v) is 9.79. The number of benzene rings is 2. The minimum absolute atomic E-state index is 0.0571. The minimum atomic E-state index is -1.26. The topological polar surface area (TPSA) is 164 Å². The molecule has 2 atom stereocenters. The van der Waals surface area contributed by atoms with Gasteiger partial charge < -0.3 is 15.3 Å². The fourth-order valence-electron chi connectivity index (χ4n) is 9.79. The van der Waals surface area contributed by atoms with E-state index in [0.717, 1.165) is 69.2 Å². The van der Waals surface area contributed by atoms with Gasteiger partial charge in [0.2, 0.25) is 11.8 Å². The summed E-state index contributed by atoms with van der Waals surface area (Å²) in [6.07, 6.45) is 8.56. The zero-order valence-corrected chi connectivity index (χ0v) is 33.7. The summed E-state index contributed by atoms with van der Waals surface area (Å²) in [6, 6.07) is 14.5. The first-order valence-electron chi connectivity index (χ1n) is 20.8. The molecule has 0 unspecified atom stereocenters. The number of nitrogens with one attached hydrogen (secondary N) is 2. The summed E-state index contributed by atoms with van der Waals surface area (Å²) >= 11 is 0. The van der Waals surface area contributed by atoms with Gasteiger partial charge in [0, 0.05) is 91.9 Å². The molecule has 312 valence electrons. The van der Waals surface area contributed by atoms with Crippen LogP contribution in [0, 0.1) is 23.0 Å². The van der Waals surface area contributed by atoms with Crippen LogP contribution in [-0.2, 0) is 15.2 Å². The number of hydrogen-bond acceptors (Lipinski definition) is 10. The van der Waals surface area contributed by atoms with Gasteiger partial charge in [-0.25, -0.2) is 13.3 Å². The minimum Gasteiger partial charge on any atom is -0.386 e. The van der Waals surface area contributed by atoms with Gasteiger partial charge >= 0.3 is 0 Å². The number of carbonyl (C=O) groups is 3. The predicted octanol–water partition coefficient (Wildman–Crippen LogP) is 5.21. The number of aromatic nitrogens is 4. The molecule has 0 spiro atoms. The number of halogens is 2. The second-order valence-corrected chi connectivity index (χ2v) is 17.2. The molecule has 3 aromatic heterocycles. The number of nitrogens with zero attached hydrogens (tertiary/aromatic N) is 8. The molecular weight excluding hydrogens is 771 g/mol. The number of amides is 3. The smallest absolute Gasteiger partial charge is 0.274 e. The Morgan fingerprint density at radius 2 is 1.62 bits per heavy atom. The summed E-state index contributed by atoms with van der Waals surface area (Å²) in [5.41, 5.74) is 2.06. The molecule has 5 aromatic rings. The van der Waals surface area contributed by atoms with Crippen LogP contribution in [0.2, 0.25) is 0 Å². The van der Waals surface area contributed by atoms with E-state index in [2.05, 4.69) is 31.6 Å². The molecule has 2 aromatic carbocycles. The molecule has 0 bridgehead atoms. The van der Waals surface area contributed by atoms with Crippen molar-refractivity contribution >= 4 is 45.5 Å². The van der Waals surface area contributed by atoms with E-state index in [1.165, 1.54) is 22.8 Å². The fraction of sp³-hybridized carbons (Fsp3) is 0.455. The number of imide groups is 1. The van der Waals surface area contributed by atoms with Crippen molar-refractivity contribution in [3.05, 3.63) is 88.9 Å². The first kappa shape index (κ1) is 39.7. The molecule has 60 heavy (non-hydrogen) atoms. The van der Waals surface area contributed by atoms with Gasteiger partial charge in [-0.15, -0.1) is 0 Å². The van der Waals surface area contributed by atoms with Crippen molar-refractivity contribution < 1.29 is 28.3 Å². The molecule has 4 aliphatic rings. The number of aliphatic hydroxyl groups is 1. The summed E-state index contributed by atoms with van der Waals surface area (Å²) in [5, 5.41) is 35.6. The zero-order chi connectivity index (χ0) is 41.9. The van der Waals surface area contributed by atoms with Gasteiger partial charge in [-0.3, -0.25) is 34.2 Å². The number of rotatable bonds is 8. The number of piperazine rings is 1. The summed E-state index contributed by atoms with van der Waals surface area (Å²) in [7, 11) is 0. The van der Waals surface area contributed by atoms with E-state index < -0.39 is 40.9 Å². The average molecular weight is 819 g/mol. The van der Waals surface area contributed by atoms with Crippen LogP contribution >= 0.6 is 0 Å². The third-order valence-corrected chi connectivity index (χ3v) is 13.0. The molecular formula is C44H48F2N10O4. The van der Waals surface area contributed by atoms with Crippen LogP contribution in [0.25, 0.3) is 16.4 Å². The second kappa shape index (κ2) is 15.7. The maximum atomic E-state index is 15.3. The quantitative estimate of drug-likeness (QED) is 0.177. The van der Waals surface area contributed by atoms with E-state index in [4.69, 9.17) is 5.10 Å². The first-order chi connectivity index (χ1) is 28.8. The van der Waals surface area contributed by atoms with Gasteiger partial charge in [0.1, 0.15) is 23.4 Å². The number of nitriles is 1. The van der Waals surface area contributed by atoms with Crippen molar-refractivity contribution in [2.24, 2.45) is 0 Å². The van der Waals surface area contributed by atoms with Gasteiger partial charge in [0.15, 0.2) is 0 Å². The third kappa shape index (κ3) is 7.61. The van der Waals surface area contributed by atoms with Crippen molar-refractivity contribution in [2.75, 3.05) is 49.5 Å². The van der Waals surface area contributed by atoms with Crippen molar-refractivity contribution in [1.82, 2.24) is 34.5 Å². The monoisotopic (exact) mass is 818 g/mol. The lowest BCUT2D eigenvalue weighted by Crippen LogP contribution is -2.54. The Hall–Kier alpha value is -5.76. The molecule has 0 radical (unpaired) electrons. The van der Waals surface area contributed by atoms with Crippen LogP contribution in [0.15, 0.2) is 54.9 Å². The van der Waals surface area contributed by atoms with Gasteiger partial charge in [-0.05, 0) is 94.8 Å². The Morgan fingerprint density at radius 1 is 0.917 bits per heavy atom. The molecule has 1 saturated carbocycles. The molecule has 14 nitrogen and oxygen atoms in total. The standard InChI is InChI=1S/C44H48F2N10O4/c1-44(2,60)34-21-37-27(18-38(34)49-43(59)39-9-7-30-17-26(22-47)23-48-56(30)39)24-55(51-37)29-5-3-28(4-6-29)52-13-15-53(16-14-52)31-11-12-54(25-31)32-19-35(45)41(36(46)20-32)33-8-10-40(57)50-42(33)58/h7,9,17-21,23-24,28-29,31,33,60H,3-6,8,10-16,25H2,1-2H3,(H,49,59)(H,50,57,58)/t28?,29?,31-,33+/m0/s1. The average Bonchev–Trinajstić information content (AvgIpc) is 4.00. The van der Waals surface area contributed by atoms with Crippen molar-refractivity contribution in [3.63, 3.8) is 0 Å². The number of piperidine rings is 1. The van der Waals surface area contributed by atoms with Crippen LogP contribution in [-0.4, -0.2) is 103 Å². The lowest BCUT2D eigenvalue weighted by molar-refractivity contribution is -0.134. The summed E-state index contributed by atoms with van der Waals surface area (Å²) in [5.74, 6) is -3.97. The summed E-state index contributed by atoms with van der Waals surface area (Å²) in [6.45, 7) is 8.52. The Balaban J connectivity index is 0.796. The van der Waals surface area contributed by atoms with E-state index in [1.54, 1.807) is 32.0 Å². The van der Waals surface area contributed by atoms with Crippen molar-refractivity contribution in [1.29, 1.82) is 5.26 Å². The van der Waals surface area contributed by atoms with E-state index in [9.17, 15) is 24.8 Å². The third-order valence-electron chi connectivity index (χ3n) is 13.0. The summed E-state index contributed by atoms with van der Waals surface area (Å²) < 4.78 is 34.1. The highest BCUT2D eigenvalue weighted by Crippen LogP contribution is 2.37. The lowest BCUT2D eigenvalue weighted by Gasteiger charge is -2.43. The van der Waals surface area contributed by atoms with Gasteiger partial charge in [-0.2, -0.15) is 15.5 Å². The molecule has 4 fully saturated rings. The molecule has 3 saturated heterocycles. The zero-order valence-electron chi connectivity index (χ0n) is 33.7. The highest BCUT2D eigenvalue weighted by atomic mass is 19.1. The Morgan fingerprint density at radius 3 is 2.30 bits per heavy atom. The van der Waals surface area contributed by atoms with Crippen LogP contribution in [0.5, 0.6) is 0 Å². The second-order valence-electron chi connectivity index (χ2n) is 17.2. The van der Waals surface area contributed by atoms with Crippen LogP contribution in [0.1, 0.15) is 97.9 Å². The number of anilines is 2. The van der Waals surface area contributed by atoms with Crippen LogP contribution in [0.4, 0.5) is 20.2 Å². The SMILES string of the molecule is CC(C)(O)c1cc2nn(C3CCC(N4CCN([C@H]5CCN(c6cc(F)c([C@H]7CCC(=O)NC7=O)c(F)c6)C5)CC4)CC3)cc2cc1NC(=O)c1ccc2cc(C#N)cnn12. The van der Waals surface area contributed by atoms with Gasteiger partial charge in [0.25, 0.3) is 5.91 Å². The van der Waals surface area contributed by atoms with E-state index >= 15 is 8.78 Å². The molecule has 3 aliphatic heterocycles. The highest BCUT2D eigenvalue weighted by Gasteiger charge is 2.36. The number of fused-ring (bicyclic) bond motifs is 2. The molecule has 6 heterocycles. The van der Waals surface area contributed by atoms with E-state index in [-0.39, 0.29) is 30.5 Å². The van der Waals surface area contributed by atoms with Crippen LogP contribution < -0.4 is 15.5 Å². The lowest BCUT2D eigenvalue weighted by atomic mass is 9.89. The Labute approximate surface area is 345 Å². The number of hydrogen-bond donors (Lipinski definition) is 3. The predicted molar refractivity (Wildman–Crippen MR) is 219 cm³/mol. The van der Waals surface area contributed by atoms with Crippen molar-refractivity contribution in [2.45, 2.75) is 88.4 Å². The highest BCUT2D eigenvalue weighted by molar-refractivity contribution is 6.05.